The van der Waals surface area contributed by atoms with Crippen LogP contribution in [0.5, 0.6) is 5.75 Å². The number of ether oxygens (including phenoxy) is 2. The summed E-state index contributed by atoms with van der Waals surface area (Å²) in [7, 11) is 0. The molecular weight excluding hydrogens is 290 g/mol. The molecule has 1 saturated carbocycles. The lowest BCUT2D eigenvalue weighted by Crippen LogP contribution is -2.43. The predicted octanol–water partition coefficient (Wildman–Crippen LogP) is 4.46. The van der Waals surface area contributed by atoms with Gasteiger partial charge in [-0.3, -0.25) is 4.79 Å². The second-order valence-corrected chi connectivity index (χ2v) is 6.33. The lowest BCUT2D eigenvalue weighted by Gasteiger charge is -2.28. The number of carbonyl (C=O) groups excluding carboxylic acids is 1. The second kappa shape index (κ2) is 8.34. The van der Waals surface area contributed by atoms with Crippen molar-refractivity contribution in [3.63, 3.8) is 0 Å². The molecule has 4 heteroatoms. The van der Waals surface area contributed by atoms with E-state index in [4.69, 9.17) is 9.47 Å². The topological polar surface area (TPSA) is 47.6 Å². The Hall–Kier alpha value is -1.55. The average molecular weight is 319 g/mol. The molecule has 1 aliphatic carbocycles. The van der Waals surface area contributed by atoms with Crippen LogP contribution in [0.2, 0.25) is 0 Å². The summed E-state index contributed by atoms with van der Waals surface area (Å²) < 4.78 is 11.6. The fourth-order valence-electron chi connectivity index (χ4n) is 3.03. The van der Waals surface area contributed by atoms with Gasteiger partial charge in [0.1, 0.15) is 11.4 Å². The molecule has 0 saturated heterocycles. The minimum absolute atomic E-state index is 0.00919. The standard InChI is InChI=1S/C19H29NO3/c1-4-12-22-17-9-8-16(14-15(17)3)20-18(21)19(23-13-5-2)10-6-7-11-19/h8-9,14H,4-7,10-13H2,1-3H3,(H,20,21). The van der Waals surface area contributed by atoms with Crippen LogP contribution in [0.1, 0.15) is 57.9 Å². The molecule has 0 spiro atoms. The minimum Gasteiger partial charge on any atom is -0.493 e. The molecule has 23 heavy (non-hydrogen) atoms. The van der Waals surface area contributed by atoms with Crippen molar-refractivity contribution in [1.82, 2.24) is 0 Å². The Kier molecular flexibility index (Phi) is 6.46. The van der Waals surface area contributed by atoms with Gasteiger partial charge in [0.05, 0.1) is 6.61 Å². The van der Waals surface area contributed by atoms with E-state index in [1.807, 2.05) is 25.1 Å². The molecule has 1 fully saturated rings. The molecule has 0 atom stereocenters. The zero-order chi connectivity index (χ0) is 16.7. The maximum absolute atomic E-state index is 12.7. The lowest BCUT2D eigenvalue weighted by atomic mass is 10.0. The number of carbonyl (C=O) groups is 1. The third-order valence-corrected chi connectivity index (χ3v) is 4.30. The summed E-state index contributed by atoms with van der Waals surface area (Å²) in [5.74, 6) is 0.868. The fraction of sp³-hybridized carbons (Fsp3) is 0.632. The highest BCUT2D eigenvalue weighted by Gasteiger charge is 2.42. The van der Waals surface area contributed by atoms with Gasteiger partial charge < -0.3 is 14.8 Å². The van der Waals surface area contributed by atoms with Crippen LogP contribution in [-0.4, -0.2) is 24.7 Å². The number of hydrogen-bond acceptors (Lipinski definition) is 3. The van der Waals surface area contributed by atoms with Gasteiger partial charge in [-0.1, -0.05) is 13.8 Å². The summed E-state index contributed by atoms with van der Waals surface area (Å²) in [6.07, 6.45) is 5.65. The SMILES string of the molecule is CCCOc1ccc(NC(=O)C2(OCCC)CCCC2)cc1C. The second-order valence-electron chi connectivity index (χ2n) is 6.33. The summed E-state index contributed by atoms with van der Waals surface area (Å²) in [6, 6.07) is 5.79. The first-order valence-corrected chi connectivity index (χ1v) is 8.80. The summed E-state index contributed by atoms with van der Waals surface area (Å²) >= 11 is 0. The molecule has 128 valence electrons. The third-order valence-electron chi connectivity index (χ3n) is 4.30. The van der Waals surface area contributed by atoms with E-state index in [1.165, 1.54) is 0 Å². The Morgan fingerprint density at radius 1 is 1.17 bits per heavy atom. The zero-order valence-electron chi connectivity index (χ0n) is 14.6. The molecule has 1 amide bonds. The molecule has 0 unspecified atom stereocenters. The van der Waals surface area contributed by atoms with E-state index < -0.39 is 5.60 Å². The number of benzene rings is 1. The fourth-order valence-corrected chi connectivity index (χ4v) is 3.03. The molecule has 4 nitrogen and oxygen atoms in total. The van der Waals surface area contributed by atoms with Crippen molar-refractivity contribution in [3.05, 3.63) is 23.8 Å². The Bertz CT molecular complexity index is 521. The average Bonchev–Trinajstić information content (AvgIpc) is 3.02. The summed E-state index contributed by atoms with van der Waals surface area (Å²) in [5.41, 5.74) is 1.20. The van der Waals surface area contributed by atoms with E-state index in [0.29, 0.717) is 13.2 Å². The van der Waals surface area contributed by atoms with Crippen LogP contribution in [0, 0.1) is 6.92 Å². The number of amides is 1. The summed E-state index contributed by atoms with van der Waals surface area (Å²) in [6.45, 7) is 7.50. The number of anilines is 1. The first kappa shape index (κ1) is 17.8. The quantitative estimate of drug-likeness (QED) is 0.769. The first-order valence-electron chi connectivity index (χ1n) is 8.80. The molecule has 2 rings (SSSR count). The number of hydrogen-bond donors (Lipinski definition) is 1. The molecule has 0 bridgehead atoms. The van der Waals surface area contributed by atoms with Crippen molar-refractivity contribution < 1.29 is 14.3 Å². The number of nitrogens with one attached hydrogen (secondary N) is 1. The van der Waals surface area contributed by atoms with Gasteiger partial charge in [-0.2, -0.15) is 0 Å². The monoisotopic (exact) mass is 319 g/mol. The number of rotatable bonds is 8. The molecule has 0 aliphatic heterocycles. The Morgan fingerprint density at radius 2 is 1.87 bits per heavy atom. The van der Waals surface area contributed by atoms with Gasteiger partial charge in [-0.25, -0.2) is 0 Å². The van der Waals surface area contributed by atoms with Gasteiger partial charge in [0, 0.05) is 12.3 Å². The summed E-state index contributed by atoms with van der Waals surface area (Å²) in [4.78, 5) is 12.7. The van der Waals surface area contributed by atoms with Crippen molar-refractivity contribution >= 4 is 11.6 Å². The smallest absolute Gasteiger partial charge is 0.256 e. The van der Waals surface area contributed by atoms with Crippen molar-refractivity contribution in [1.29, 1.82) is 0 Å². The maximum Gasteiger partial charge on any atom is 0.256 e. The van der Waals surface area contributed by atoms with Crippen LogP contribution in [0.3, 0.4) is 0 Å². The van der Waals surface area contributed by atoms with E-state index in [9.17, 15) is 4.79 Å². The van der Waals surface area contributed by atoms with E-state index in [-0.39, 0.29) is 5.91 Å². The third kappa shape index (κ3) is 4.47. The van der Waals surface area contributed by atoms with Crippen LogP contribution >= 0.6 is 0 Å². The molecule has 0 heterocycles. The highest BCUT2D eigenvalue weighted by Crippen LogP contribution is 2.35. The Labute approximate surface area is 139 Å². The highest BCUT2D eigenvalue weighted by atomic mass is 16.5. The number of aryl methyl sites for hydroxylation is 1. The van der Waals surface area contributed by atoms with E-state index in [2.05, 4.69) is 19.2 Å². The van der Waals surface area contributed by atoms with Gasteiger partial charge >= 0.3 is 0 Å². The van der Waals surface area contributed by atoms with Crippen molar-refractivity contribution in [2.24, 2.45) is 0 Å². The van der Waals surface area contributed by atoms with E-state index in [0.717, 1.165) is 55.5 Å². The molecule has 1 aromatic rings. The predicted molar refractivity (Wildman–Crippen MR) is 93.0 cm³/mol. The van der Waals surface area contributed by atoms with Crippen LogP contribution in [0.15, 0.2) is 18.2 Å². The van der Waals surface area contributed by atoms with Gasteiger partial charge in [0.25, 0.3) is 5.91 Å². The van der Waals surface area contributed by atoms with Gasteiger partial charge in [0.2, 0.25) is 0 Å². The van der Waals surface area contributed by atoms with Crippen molar-refractivity contribution in [2.75, 3.05) is 18.5 Å². The molecule has 1 aromatic carbocycles. The minimum atomic E-state index is -0.638. The zero-order valence-corrected chi connectivity index (χ0v) is 14.6. The Balaban J connectivity index is 2.05. The van der Waals surface area contributed by atoms with Crippen LogP contribution in [-0.2, 0) is 9.53 Å². The molecule has 1 aliphatic rings. The normalized spacial score (nSPS) is 16.3. The van der Waals surface area contributed by atoms with E-state index >= 15 is 0 Å². The summed E-state index contributed by atoms with van der Waals surface area (Å²) in [5, 5.41) is 3.04. The Morgan fingerprint density at radius 3 is 2.48 bits per heavy atom. The molecular formula is C19H29NO3. The van der Waals surface area contributed by atoms with E-state index in [1.54, 1.807) is 0 Å². The largest absolute Gasteiger partial charge is 0.493 e. The van der Waals surface area contributed by atoms with Crippen LogP contribution in [0.4, 0.5) is 5.69 Å². The van der Waals surface area contributed by atoms with Crippen LogP contribution in [0.25, 0.3) is 0 Å². The highest BCUT2D eigenvalue weighted by molar-refractivity contribution is 5.97. The lowest BCUT2D eigenvalue weighted by molar-refractivity contribution is -0.140. The molecule has 0 radical (unpaired) electrons. The van der Waals surface area contributed by atoms with Gasteiger partial charge in [-0.15, -0.1) is 0 Å². The van der Waals surface area contributed by atoms with Crippen LogP contribution < -0.4 is 10.1 Å². The van der Waals surface area contributed by atoms with Crippen molar-refractivity contribution in [2.45, 2.75) is 64.9 Å². The van der Waals surface area contributed by atoms with Gasteiger partial charge in [0.15, 0.2) is 0 Å². The first-order chi connectivity index (χ1) is 11.1. The molecule has 1 N–H and O–H groups in total. The van der Waals surface area contributed by atoms with Gasteiger partial charge in [-0.05, 0) is 69.2 Å². The molecule has 0 aromatic heterocycles. The maximum atomic E-state index is 12.7. The van der Waals surface area contributed by atoms with Crippen molar-refractivity contribution in [3.8, 4) is 5.75 Å².